The van der Waals surface area contributed by atoms with E-state index < -0.39 is 5.92 Å². The average molecular weight is 434 g/mol. The molecule has 0 aromatic heterocycles. The molecule has 2 aromatic carbocycles. The minimum absolute atomic E-state index is 0.0856. The van der Waals surface area contributed by atoms with E-state index in [4.69, 9.17) is 28.4 Å². The van der Waals surface area contributed by atoms with Crippen molar-refractivity contribution in [3.8, 4) is 34.5 Å². The fourth-order valence-electron chi connectivity index (χ4n) is 3.51. The van der Waals surface area contributed by atoms with Gasteiger partial charge in [-0.2, -0.15) is 0 Å². The molecule has 0 fully saturated rings. The predicted octanol–water partition coefficient (Wildman–Crippen LogP) is 3.02. The van der Waals surface area contributed by atoms with Gasteiger partial charge in [0.05, 0.1) is 42.7 Å². The Kier molecular flexibility index (Phi) is 8.81. The van der Waals surface area contributed by atoms with Crippen LogP contribution in [0.3, 0.4) is 0 Å². The van der Waals surface area contributed by atoms with Gasteiger partial charge >= 0.3 is 0 Å². The second kappa shape index (κ2) is 11.3. The van der Waals surface area contributed by atoms with E-state index in [1.807, 2.05) is 0 Å². The van der Waals surface area contributed by atoms with Gasteiger partial charge in [0.15, 0.2) is 23.0 Å². The second-order valence-corrected chi connectivity index (χ2v) is 6.70. The smallest absolute Gasteiger partial charge is 0.203 e. The van der Waals surface area contributed by atoms with Gasteiger partial charge in [-0.1, -0.05) is 0 Å². The van der Waals surface area contributed by atoms with Gasteiger partial charge in [0.1, 0.15) is 5.78 Å². The van der Waals surface area contributed by atoms with Crippen LogP contribution < -0.4 is 28.4 Å². The van der Waals surface area contributed by atoms with Gasteiger partial charge in [-0.15, -0.1) is 0 Å². The highest BCUT2D eigenvalue weighted by Gasteiger charge is 2.25. The molecule has 0 aliphatic heterocycles. The number of aliphatic hydroxyl groups is 1. The van der Waals surface area contributed by atoms with E-state index in [1.165, 1.54) is 42.7 Å². The highest BCUT2D eigenvalue weighted by atomic mass is 16.5. The molecule has 170 valence electrons. The number of Topliss-reactive ketones (excluding diaryl/α,β-unsaturated/α-hetero) is 1. The van der Waals surface area contributed by atoms with E-state index in [2.05, 4.69) is 0 Å². The maximum Gasteiger partial charge on any atom is 0.203 e. The van der Waals surface area contributed by atoms with Crippen LogP contribution >= 0.6 is 0 Å². The van der Waals surface area contributed by atoms with Gasteiger partial charge in [-0.3, -0.25) is 4.79 Å². The molecule has 0 amide bonds. The van der Waals surface area contributed by atoms with Crippen LogP contribution in [0.4, 0.5) is 0 Å². The Hall–Kier alpha value is -3.13. The van der Waals surface area contributed by atoms with Crippen molar-refractivity contribution in [2.24, 2.45) is 0 Å². The Morgan fingerprint density at radius 3 is 1.52 bits per heavy atom. The third-order valence-electron chi connectivity index (χ3n) is 5.00. The molecule has 2 aromatic rings. The van der Waals surface area contributed by atoms with E-state index in [0.29, 0.717) is 45.6 Å². The minimum Gasteiger partial charge on any atom is -0.493 e. The lowest BCUT2D eigenvalue weighted by Gasteiger charge is -2.20. The Bertz CT molecular complexity index is 843. The van der Waals surface area contributed by atoms with Crippen LogP contribution in [-0.4, -0.2) is 60.2 Å². The molecule has 1 atom stereocenters. The molecule has 8 nitrogen and oxygen atoms in total. The van der Waals surface area contributed by atoms with Gasteiger partial charge in [0.2, 0.25) is 11.5 Å². The SMILES string of the molecule is COc1cc(CC(=O)C(CCO)c2cc(OC)c(OC)c(OC)c2)cc(OC)c1OC. The van der Waals surface area contributed by atoms with Crippen molar-refractivity contribution in [1.82, 2.24) is 0 Å². The van der Waals surface area contributed by atoms with Crippen LogP contribution in [-0.2, 0) is 11.2 Å². The summed E-state index contributed by atoms with van der Waals surface area (Å²) in [6.07, 6.45) is 0.361. The topological polar surface area (TPSA) is 92.7 Å². The number of aliphatic hydroxyl groups excluding tert-OH is 1. The molecule has 0 spiro atoms. The van der Waals surface area contributed by atoms with Crippen molar-refractivity contribution >= 4 is 5.78 Å². The summed E-state index contributed by atoms with van der Waals surface area (Å²) in [7, 11) is 9.11. The van der Waals surface area contributed by atoms with Crippen LogP contribution in [0, 0.1) is 0 Å². The maximum absolute atomic E-state index is 13.3. The normalized spacial score (nSPS) is 11.5. The van der Waals surface area contributed by atoms with E-state index in [0.717, 1.165) is 0 Å². The lowest BCUT2D eigenvalue weighted by molar-refractivity contribution is -0.120. The number of rotatable bonds is 12. The summed E-state index contributed by atoms with van der Waals surface area (Å²) in [5, 5.41) is 9.60. The summed E-state index contributed by atoms with van der Waals surface area (Å²) >= 11 is 0. The molecule has 0 saturated carbocycles. The summed E-state index contributed by atoms with van der Waals surface area (Å²) in [6.45, 7) is -0.150. The largest absolute Gasteiger partial charge is 0.493 e. The number of carbonyl (C=O) groups excluding carboxylic acids is 1. The molecule has 1 unspecified atom stereocenters. The number of hydrogen-bond acceptors (Lipinski definition) is 8. The first-order chi connectivity index (χ1) is 15.0. The molecule has 0 bridgehead atoms. The molecule has 8 heteroatoms. The Balaban J connectivity index is 2.44. The fourth-order valence-corrected chi connectivity index (χ4v) is 3.51. The Labute approximate surface area is 182 Å². The highest BCUT2D eigenvalue weighted by Crippen LogP contribution is 2.42. The predicted molar refractivity (Wildman–Crippen MR) is 115 cm³/mol. The zero-order chi connectivity index (χ0) is 23.0. The standard InChI is InChI=1S/C23H30O8/c1-26-18-10-14(11-19(27-2)22(18)30-5)9-17(25)16(7-8-24)15-12-20(28-3)23(31-6)21(13-15)29-4/h10-13,16,24H,7-9H2,1-6H3. The van der Waals surface area contributed by atoms with Gasteiger partial charge in [-0.25, -0.2) is 0 Å². The Morgan fingerprint density at radius 1 is 0.742 bits per heavy atom. The summed E-state index contributed by atoms with van der Waals surface area (Å²) in [5.74, 6) is 2.06. The average Bonchev–Trinajstić information content (AvgIpc) is 2.80. The van der Waals surface area contributed by atoms with Crippen LogP contribution in [0.5, 0.6) is 34.5 Å². The van der Waals surface area contributed by atoms with Crippen molar-refractivity contribution < 1.29 is 38.3 Å². The quantitative estimate of drug-likeness (QED) is 0.545. The third-order valence-corrected chi connectivity index (χ3v) is 5.00. The van der Waals surface area contributed by atoms with Crippen molar-refractivity contribution in [2.75, 3.05) is 49.3 Å². The first-order valence-corrected chi connectivity index (χ1v) is 9.70. The molecule has 2 rings (SSSR count). The van der Waals surface area contributed by atoms with Gasteiger partial charge in [-0.05, 0) is 41.8 Å². The number of hydrogen-bond donors (Lipinski definition) is 1. The maximum atomic E-state index is 13.3. The monoisotopic (exact) mass is 434 g/mol. The first kappa shape index (κ1) is 24.1. The number of benzene rings is 2. The molecule has 0 radical (unpaired) electrons. The highest BCUT2D eigenvalue weighted by molar-refractivity contribution is 5.88. The summed E-state index contributed by atoms with van der Waals surface area (Å²) in [4.78, 5) is 13.3. The zero-order valence-corrected chi connectivity index (χ0v) is 18.8. The second-order valence-electron chi connectivity index (χ2n) is 6.70. The number of carbonyl (C=O) groups is 1. The summed E-state index contributed by atoms with van der Waals surface area (Å²) in [5.41, 5.74) is 1.37. The molecule has 31 heavy (non-hydrogen) atoms. The lowest BCUT2D eigenvalue weighted by atomic mass is 9.88. The van der Waals surface area contributed by atoms with E-state index in [1.54, 1.807) is 24.3 Å². The van der Waals surface area contributed by atoms with Crippen molar-refractivity contribution in [3.05, 3.63) is 35.4 Å². The number of ether oxygens (including phenoxy) is 6. The van der Waals surface area contributed by atoms with Gasteiger partial charge in [0, 0.05) is 18.9 Å². The van der Waals surface area contributed by atoms with Crippen molar-refractivity contribution in [1.29, 1.82) is 0 Å². The zero-order valence-electron chi connectivity index (χ0n) is 18.8. The van der Waals surface area contributed by atoms with Crippen molar-refractivity contribution in [3.63, 3.8) is 0 Å². The number of methoxy groups -OCH3 is 6. The van der Waals surface area contributed by atoms with E-state index in [-0.39, 0.29) is 25.2 Å². The molecule has 0 saturated heterocycles. The molecular formula is C23H30O8. The Morgan fingerprint density at radius 2 is 1.16 bits per heavy atom. The van der Waals surface area contributed by atoms with Crippen LogP contribution in [0.15, 0.2) is 24.3 Å². The molecule has 1 N–H and O–H groups in total. The molecule has 0 aliphatic carbocycles. The van der Waals surface area contributed by atoms with E-state index >= 15 is 0 Å². The number of ketones is 1. The first-order valence-electron chi connectivity index (χ1n) is 9.70. The fraction of sp³-hybridized carbons (Fsp3) is 0.435. The van der Waals surface area contributed by atoms with E-state index in [9.17, 15) is 9.90 Å². The lowest BCUT2D eigenvalue weighted by Crippen LogP contribution is -2.17. The molecule has 0 aliphatic rings. The van der Waals surface area contributed by atoms with Crippen LogP contribution in [0.2, 0.25) is 0 Å². The van der Waals surface area contributed by atoms with Gasteiger partial charge < -0.3 is 33.5 Å². The summed E-state index contributed by atoms with van der Waals surface area (Å²) in [6, 6.07) is 6.94. The van der Waals surface area contributed by atoms with Crippen molar-refractivity contribution in [2.45, 2.75) is 18.8 Å². The minimum atomic E-state index is -0.571. The van der Waals surface area contributed by atoms with Crippen LogP contribution in [0.25, 0.3) is 0 Å². The summed E-state index contributed by atoms with van der Waals surface area (Å²) < 4.78 is 32.3. The third kappa shape index (κ3) is 5.32. The molecule has 0 heterocycles. The molecular weight excluding hydrogens is 404 g/mol. The van der Waals surface area contributed by atoms with Crippen LogP contribution in [0.1, 0.15) is 23.5 Å². The van der Waals surface area contributed by atoms with Gasteiger partial charge in [0.25, 0.3) is 0 Å².